The third kappa shape index (κ3) is 2.69. The van der Waals surface area contributed by atoms with Gasteiger partial charge in [-0.15, -0.1) is 22.7 Å². The summed E-state index contributed by atoms with van der Waals surface area (Å²) in [6, 6.07) is 5.68. The number of fused-ring (bicyclic) bond motifs is 1. The Morgan fingerprint density at radius 1 is 1.25 bits per heavy atom. The van der Waals surface area contributed by atoms with Gasteiger partial charge in [0.25, 0.3) is 0 Å². The Morgan fingerprint density at radius 3 is 2.95 bits per heavy atom. The molecule has 1 atom stereocenters. The molecule has 1 aliphatic carbocycles. The molecule has 0 radical (unpaired) electrons. The van der Waals surface area contributed by atoms with Gasteiger partial charge < -0.3 is 5.32 Å². The van der Waals surface area contributed by atoms with Crippen molar-refractivity contribution in [1.82, 2.24) is 5.32 Å². The van der Waals surface area contributed by atoms with Crippen molar-refractivity contribution >= 4 is 34.4 Å². The summed E-state index contributed by atoms with van der Waals surface area (Å²) in [6.07, 6.45) is 3.00. The van der Waals surface area contributed by atoms with Crippen molar-refractivity contribution in [1.29, 1.82) is 0 Å². The van der Waals surface area contributed by atoms with E-state index in [9.17, 15) is 9.59 Å². The molecule has 0 fully saturated rings. The normalized spacial score (nSPS) is 17.5. The molecule has 3 rings (SSSR count). The molecule has 0 saturated heterocycles. The van der Waals surface area contributed by atoms with Gasteiger partial charge in [-0.25, -0.2) is 0 Å². The molecule has 2 aromatic rings. The van der Waals surface area contributed by atoms with Crippen molar-refractivity contribution in [2.75, 3.05) is 6.54 Å². The number of carbonyl (C=O) groups is 2. The first-order valence-electron chi connectivity index (χ1n) is 6.66. The van der Waals surface area contributed by atoms with E-state index in [0.29, 0.717) is 4.88 Å². The van der Waals surface area contributed by atoms with Crippen LogP contribution >= 0.6 is 22.7 Å². The molecule has 0 spiro atoms. The largest absolute Gasteiger partial charge is 0.348 e. The maximum absolute atomic E-state index is 12.3. The van der Waals surface area contributed by atoms with Crippen molar-refractivity contribution < 1.29 is 9.59 Å². The lowest BCUT2D eigenvalue weighted by Gasteiger charge is -2.21. The fraction of sp³-hybridized carbons (Fsp3) is 0.333. The van der Waals surface area contributed by atoms with E-state index in [1.54, 1.807) is 17.4 Å². The van der Waals surface area contributed by atoms with E-state index in [4.69, 9.17) is 0 Å². The number of aryl methyl sites for hydroxylation is 1. The number of hydrogen-bond donors (Lipinski definition) is 1. The number of amides is 1. The van der Waals surface area contributed by atoms with E-state index in [2.05, 4.69) is 5.32 Å². The Balaban J connectivity index is 1.62. The minimum atomic E-state index is -0.0823. The van der Waals surface area contributed by atoms with Crippen molar-refractivity contribution in [3.8, 4) is 0 Å². The van der Waals surface area contributed by atoms with Gasteiger partial charge in [0.1, 0.15) is 0 Å². The number of nitrogens with one attached hydrogen (secondary N) is 1. The second-order valence-corrected chi connectivity index (χ2v) is 6.81. The van der Waals surface area contributed by atoms with E-state index < -0.39 is 0 Å². The quantitative estimate of drug-likeness (QED) is 0.882. The number of rotatable bonds is 4. The first-order valence-corrected chi connectivity index (χ1v) is 8.42. The molecule has 2 heterocycles. The molecule has 104 valence electrons. The Hall–Kier alpha value is -1.46. The second-order valence-electron chi connectivity index (χ2n) is 4.86. The van der Waals surface area contributed by atoms with Crippen LogP contribution in [-0.2, 0) is 11.2 Å². The molecule has 5 heteroatoms. The zero-order valence-electron chi connectivity index (χ0n) is 10.9. The van der Waals surface area contributed by atoms with E-state index in [1.165, 1.54) is 16.2 Å². The third-order valence-corrected chi connectivity index (χ3v) is 5.50. The topological polar surface area (TPSA) is 46.2 Å². The molecule has 1 unspecified atom stereocenters. The van der Waals surface area contributed by atoms with Crippen LogP contribution in [0.1, 0.15) is 38.9 Å². The Kier molecular flexibility index (Phi) is 3.98. The lowest BCUT2D eigenvalue weighted by Crippen LogP contribution is -2.34. The molecule has 1 aliphatic rings. The van der Waals surface area contributed by atoms with Crippen LogP contribution in [0.25, 0.3) is 0 Å². The Bertz CT molecular complexity index is 616. The minimum absolute atomic E-state index is 0.0188. The standard InChI is InChI=1S/C15H15NO2S2/c17-12(14-5-2-7-19-14)9-16-15(18)11-3-1-4-13-10(11)6-8-20-13/h2,5-8,11H,1,3-4,9H2,(H,16,18). The van der Waals surface area contributed by atoms with Crippen LogP contribution in [0.3, 0.4) is 0 Å². The van der Waals surface area contributed by atoms with Crippen molar-refractivity contribution in [3.63, 3.8) is 0 Å². The van der Waals surface area contributed by atoms with Gasteiger partial charge in [-0.3, -0.25) is 9.59 Å². The molecular formula is C15H15NO2S2. The molecule has 0 aromatic carbocycles. The van der Waals surface area contributed by atoms with Crippen LogP contribution in [0.15, 0.2) is 29.0 Å². The predicted octanol–water partition coefficient (Wildman–Crippen LogP) is 3.23. The van der Waals surface area contributed by atoms with E-state index in [-0.39, 0.29) is 24.2 Å². The number of Topliss-reactive ketones (excluding diaryl/α,β-unsaturated/α-hetero) is 1. The van der Waals surface area contributed by atoms with Crippen LogP contribution in [0, 0.1) is 0 Å². The zero-order chi connectivity index (χ0) is 13.9. The summed E-state index contributed by atoms with van der Waals surface area (Å²) in [5, 5.41) is 6.71. The monoisotopic (exact) mass is 305 g/mol. The van der Waals surface area contributed by atoms with Crippen molar-refractivity contribution in [2.24, 2.45) is 0 Å². The van der Waals surface area contributed by atoms with Gasteiger partial charge in [0.15, 0.2) is 5.78 Å². The van der Waals surface area contributed by atoms with Gasteiger partial charge in [0.05, 0.1) is 17.3 Å². The molecule has 1 amide bonds. The number of thiophene rings is 2. The molecule has 3 nitrogen and oxygen atoms in total. The number of carbonyl (C=O) groups excluding carboxylic acids is 2. The van der Waals surface area contributed by atoms with Gasteiger partial charge in [-0.2, -0.15) is 0 Å². The molecule has 2 aromatic heterocycles. The zero-order valence-corrected chi connectivity index (χ0v) is 12.6. The lowest BCUT2D eigenvalue weighted by atomic mass is 9.87. The van der Waals surface area contributed by atoms with Crippen molar-refractivity contribution in [3.05, 3.63) is 44.3 Å². The van der Waals surface area contributed by atoms with Crippen LogP contribution in [0.2, 0.25) is 0 Å². The van der Waals surface area contributed by atoms with Crippen LogP contribution in [0.4, 0.5) is 0 Å². The van der Waals surface area contributed by atoms with Gasteiger partial charge >= 0.3 is 0 Å². The van der Waals surface area contributed by atoms with Crippen LogP contribution < -0.4 is 5.32 Å². The van der Waals surface area contributed by atoms with E-state index in [1.807, 2.05) is 22.9 Å². The minimum Gasteiger partial charge on any atom is -0.348 e. The average molecular weight is 305 g/mol. The van der Waals surface area contributed by atoms with E-state index >= 15 is 0 Å². The van der Waals surface area contributed by atoms with Gasteiger partial charge in [0.2, 0.25) is 5.91 Å². The smallest absolute Gasteiger partial charge is 0.227 e. The SMILES string of the molecule is O=C(CNC(=O)C1CCCc2sccc21)c1cccs1. The first-order chi connectivity index (χ1) is 9.75. The highest BCUT2D eigenvalue weighted by atomic mass is 32.1. The Labute approximate surface area is 125 Å². The van der Waals surface area contributed by atoms with Gasteiger partial charge in [0, 0.05) is 4.88 Å². The van der Waals surface area contributed by atoms with Crippen LogP contribution in [0.5, 0.6) is 0 Å². The molecule has 0 aliphatic heterocycles. The molecule has 20 heavy (non-hydrogen) atoms. The maximum Gasteiger partial charge on any atom is 0.227 e. The highest BCUT2D eigenvalue weighted by molar-refractivity contribution is 7.12. The fourth-order valence-electron chi connectivity index (χ4n) is 2.57. The summed E-state index contributed by atoms with van der Waals surface area (Å²) in [7, 11) is 0. The van der Waals surface area contributed by atoms with Gasteiger partial charge in [-0.05, 0) is 47.7 Å². The van der Waals surface area contributed by atoms with Crippen LogP contribution in [-0.4, -0.2) is 18.2 Å². The summed E-state index contributed by atoms with van der Waals surface area (Å²) in [5.74, 6) is -0.120. The summed E-state index contributed by atoms with van der Waals surface area (Å²) in [5.41, 5.74) is 1.15. The molecule has 1 N–H and O–H groups in total. The molecular weight excluding hydrogens is 290 g/mol. The summed E-state index contributed by atoms with van der Waals surface area (Å²) in [4.78, 5) is 26.2. The summed E-state index contributed by atoms with van der Waals surface area (Å²) >= 11 is 3.13. The molecule has 0 saturated carbocycles. The fourth-order valence-corrected chi connectivity index (χ4v) is 4.23. The Morgan fingerprint density at radius 2 is 2.15 bits per heavy atom. The predicted molar refractivity (Wildman–Crippen MR) is 81.7 cm³/mol. The van der Waals surface area contributed by atoms with E-state index in [0.717, 1.165) is 24.8 Å². The highest BCUT2D eigenvalue weighted by Gasteiger charge is 2.27. The maximum atomic E-state index is 12.3. The number of hydrogen-bond acceptors (Lipinski definition) is 4. The molecule has 0 bridgehead atoms. The number of ketones is 1. The summed E-state index contributed by atoms with van der Waals surface area (Å²) in [6.45, 7) is 0.0926. The van der Waals surface area contributed by atoms with Gasteiger partial charge in [-0.1, -0.05) is 6.07 Å². The second kappa shape index (κ2) is 5.89. The highest BCUT2D eigenvalue weighted by Crippen LogP contribution is 2.34. The van der Waals surface area contributed by atoms with Crippen molar-refractivity contribution in [2.45, 2.75) is 25.2 Å². The first kappa shape index (κ1) is 13.5. The average Bonchev–Trinajstić information content (AvgIpc) is 3.13. The lowest BCUT2D eigenvalue weighted by molar-refractivity contribution is -0.122. The summed E-state index contributed by atoms with van der Waals surface area (Å²) < 4.78 is 0. The third-order valence-electron chi connectivity index (χ3n) is 3.59.